The fourth-order valence-corrected chi connectivity index (χ4v) is 1.41. The Balaban J connectivity index is 3.10. The molecule has 0 N–H and O–H groups in total. The molecule has 0 aliphatic heterocycles. The Labute approximate surface area is 78.3 Å². The lowest BCUT2D eigenvalue weighted by molar-refractivity contribution is 0.600. The Morgan fingerprint density at radius 2 is 2.08 bits per heavy atom. The van der Waals surface area contributed by atoms with Gasteiger partial charge in [0.15, 0.2) is 0 Å². The lowest BCUT2D eigenvalue weighted by Crippen LogP contribution is -2.24. The van der Waals surface area contributed by atoms with E-state index in [1.165, 1.54) is 17.6 Å². The van der Waals surface area contributed by atoms with Crippen LogP contribution < -0.4 is 4.31 Å². The first-order valence-electron chi connectivity index (χ1n) is 3.78. The summed E-state index contributed by atoms with van der Waals surface area (Å²) in [4.78, 5) is 3.98. The van der Waals surface area contributed by atoms with Crippen molar-refractivity contribution in [3.8, 4) is 0 Å². The van der Waals surface area contributed by atoms with Crippen LogP contribution in [0.15, 0.2) is 18.3 Å². The summed E-state index contributed by atoms with van der Waals surface area (Å²) in [5.41, 5.74) is 1.43. The zero-order chi connectivity index (χ0) is 10.1. The van der Waals surface area contributed by atoms with Crippen LogP contribution in [0.2, 0.25) is 0 Å². The third-order valence-corrected chi connectivity index (χ3v) is 2.95. The number of pyridine rings is 1. The van der Waals surface area contributed by atoms with Crippen LogP contribution >= 0.6 is 0 Å². The highest BCUT2D eigenvalue weighted by Gasteiger charge is 2.11. The maximum absolute atomic E-state index is 11.1. The molecule has 13 heavy (non-hydrogen) atoms. The van der Waals surface area contributed by atoms with Crippen LogP contribution in [0.25, 0.3) is 0 Å². The van der Waals surface area contributed by atoms with E-state index < -0.39 is 10.0 Å². The fourth-order valence-electron chi connectivity index (χ4n) is 0.918. The molecule has 1 aromatic heterocycles. The number of aromatic nitrogens is 1. The fraction of sp³-hybridized carbons (Fsp3) is 0.375. The van der Waals surface area contributed by atoms with Gasteiger partial charge in [0, 0.05) is 18.9 Å². The Kier molecular flexibility index (Phi) is 2.56. The zero-order valence-corrected chi connectivity index (χ0v) is 8.67. The highest BCUT2D eigenvalue weighted by Crippen LogP contribution is 2.14. The van der Waals surface area contributed by atoms with Gasteiger partial charge in [-0.1, -0.05) is 0 Å². The molecule has 72 valence electrons. The Morgan fingerprint density at radius 1 is 1.46 bits per heavy atom. The quantitative estimate of drug-likeness (QED) is 0.709. The van der Waals surface area contributed by atoms with Crippen molar-refractivity contribution in [1.29, 1.82) is 0 Å². The van der Waals surface area contributed by atoms with Crippen molar-refractivity contribution in [2.75, 3.05) is 17.6 Å². The highest BCUT2D eigenvalue weighted by atomic mass is 32.2. The van der Waals surface area contributed by atoms with Crippen LogP contribution in [0.4, 0.5) is 5.69 Å². The average molecular weight is 200 g/mol. The van der Waals surface area contributed by atoms with E-state index in [1.807, 2.05) is 6.92 Å². The summed E-state index contributed by atoms with van der Waals surface area (Å²) in [5, 5.41) is 0. The molecule has 5 heteroatoms. The van der Waals surface area contributed by atoms with Crippen LogP contribution in [0.3, 0.4) is 0 Å². The number of hydrogen-bond donors (Lipinski definition) is 0. The molecule has 0 aliphatic rings. The summed E-state index contributed by atoms with van der Waals surface area (Å²) >= 11 is 0. The smallest absolute Gasteiger partial charge is 0.231 e. The zero-order valence-electron chi connectivity index (χ0n) is 7.85. The first-order valence-corrected chi connectivity index (χ1v) is 5.62. The minimum Gasteiger partial charge on any atom is -0.273 e. The van der Waals surface area contributed by atoms with Gasteiger partial charge in [-0.2, -0.15) is 0 Å². The standard InChI is InChI=1S/C8H12N2O2S/c1-7-6-8(4-5-9-7)10(2)13(3,11)12/h4-6H,1-3H3. The van der Waals surface area contributed by atoms with Gasteiger partial charge in [-0.15, -0.1) is 0 Å². The maximum atomic E-state index is 11.1. The number of rotatable bonds is 2. The Bertz CT molecular complexity index is 400. The molecule has 0 atom stereocenters. The van der Waals surface area contributed by atoms with Crippen LogP contribution in [-0.2, 0) is 10.0 Å². The molecule has 1 heterocycles. The molecule has 0 radical (unpaired) electrons. The summed E-state index contributed by atoms with van der Waals surface area (Å²) in [6.45, 7) is 1.82. The second-order valence-electron chi connectivity index (χ2n) is 2.89. The summed E-state index contributed by atoms with van der Waals surface area (Å²) in [7, 11) is -1.65. The lowest BCUT2D eigenvalue weighted by Gasteiger charge is -2.16. The van der Waals surface area contributed by atoms with Gasteiger partial charge in [-0.05, 0) is 19.1 Å². The van der Waals surface area contributed by atoms with Gasteiger partial charge in [0.2, 0.25) is 10.0 Å². The van der Waals surface area contributed by atoms with Gasteiger partial charge in [0.25, 0.3) is 0 Å². The number of anilines is 1. The molecule has 0 unspecified atom stereocenters. The second-order valence-corrected chi connectivity index (χ2v) is 4.90. The first-order chi connectivity index (χ1) is 5.91. The van der Waals surface area contributed by atoms with Gasteiger partial charge >= 0.3 is 0 Å². The highest BCUT2D eigenvalue weighted by molar-refractivity contribution is 7.92. The van der Waals surface area contributed by atoms with Crippen molar-refractivity contribution < 1.29 is 8.42 Å². The monoisotopic (exact) mass is 200 g/mol. The number of aryl methyl sites for hydroxylation is 1. The lowest BCUT2D eigenvalue weighted by atomic mass is 10.3. The van der Waals surface area contributed by atoms with E-state index >= 15 is 0 Å². The van der Waals surface area contributed by atoms with Crippen molar-refractivity contribution in [1.82, 2.24) is 4.98 Å². The maximum Gasteiger partial charge on any atom is 0.231 e. The molecule has 0 bridgehead atoms. The largest absolute Gasteiger partial charge is 0.273 e. The van der Waals surface area contributed by atoms with E-state index in [2.05, 4.69) is 4.98 Å². The topological polar surface area (TPSA) is 50.3 Å². The predicted octanol–water partition coefficient (Wildman–Crippen LogP) is 0.786. The molecule has 4 nitrogen and oxygen atoms in total. The summed E-state index contributed by atoms with van der Waals surface area (Å²) in [5.74, 6) is 0. The van der Waals surface area contributed by atoms with Gasteiger partial charge in [-0.25, -0.2) is 8.42 Å². The minimum atomic E-state index is -3.17. The molecule has 1 aromatic rings. The van der Waals surface area contributed by atoms with Crippen LogP contribution in [0.5, 0.6) is 0 Å². The molecule has 0 saturated heterocycles. The second kappa shape index (κ2) is 3.33. The predicted molar refractivity (Wildman–Crippen MR) is 52.2 cm³/mol. The third kappa shape index (κ3) is 2.42. The summed E-state index contributed by atoms with van der Waals surface area (Å²) in [6.07, 6.45) is 2.76. The van der Waals surface area contributed by atoms with Crippen molar-refractivity contribution in [3.05, 3.63) is 24.0 Å². The van der Waals surface area contributed by atoms with Crippen LogP contribution in [-0.4, -0.2) is 26.7 Å². The van der Waals surface area contributed by atoms with Gasteiger partial charge in [0.1, 0.15) is 0 Å². The average Bonchev–Trinajstić information content (AvgIpc) is 2.01. The van der Waals surface area contributed by atoms with Crippen molar-refractivity contribution >= 4 is 15.7 Å². The molecular weight excluding hydrogens is 188 g/mol. The van der Waals surface area contributed by atoms with E-state index in [0.29, 0.717) is 5.69 Å². The molecule has 1 rings (SSSR count). The third-order valence-electron chi connectivity index (χ3n) is 1.74. The van der Waals surface area contributed by atoms with Crippen molar-refractivity contribution in [2.24, 2.45) is 0 Å². The van der Waals surface area contributed by atoms with Gasteiger partial charge in [0.05, 0.1) is 11.9 Å². The van der Waals surface area contributed by atoms with E-state index in [0.717, 1.165) is 5.69 Å². The molecule has 0 spiro atoms. The minimum absolute atomic E-state index is 0.634. The van der Waals surface area contributed by atoms with Crippen LogP contribution in [0, 0.1) is 6.92 Å². The van der Waals surface area contributed by atoms with E-state index in [-0.39, 0.29) is 0 Å². The SMILES string of the molecule is Cc1cc(N(C)S(C)(=O)=O)ccn1. The molecular formula is C8H12N2O2S. The van der Waals surface area contributed by atoms with E-state index in [9.17, 15) is 8.42 Å². The molecule has 0 saturated carbocycles. The molecule has 0 amide bonds. The number of nitrogens with zero attached hydrogens (tertiary/aromatic N) is 2. The normalized spacial score (nSPS) is 11.3. The van der Waals surface area contributed by atoms with E-state index in [1.54, 1.807) is 18.3 Å². The Hall–Kier alpha value is -1.10. The number of sulfonamides is 1. The molecule has 0 fully saturated rings. The molecule has 0 aliphatic carbocycles. The summed E-state index contributed by atoms with van der Waals surface area (Å²) < 4.78 is 23.5. The van der Waals surface area contributed by atoms with Crippen molar-refractivity contribution in [3.63, 3.8) is 0 Å². The molecule has 0 aromatic carbocycles. The first kappa shape index (κ1) is 9.98. The van der Waals surface area contributed by atoms with Crippen LogP contribution in [0.1, 0.15) is 5.69 Å². The Morgan fingerprint density at radius 3 is 2.54 bits per heavy atom. The number of hydrogen-bond acceptors (Lipinski definition) is 3. The van der Waals surface area contributed by atoms with Gasteiger partial charge < -0.3 is 0 Å². The van der Waals surface area contributed by atoms with Gasteiger partial charge in [-0.3, -0.25) is 9.29 Å². The van der Waals surface area contributed by atoms with Crippen molar-refractivity contribution in [2.45, 2.75) is 6.92 Å². The summed E-state index contributed by atoms with van der Waals surface area (Å²) in [6, 6.07) is 3.38. The van der Waals surface area contributed by atoms with E-state index in [4.69, 9.17) is 0 Å².